The highest BCUT2D eigenvalue weighted by atomic mass is 16.7. The van der Waals surface area contributed by atoms with Crippen LogP contribution < -0.4 is 5.32 Å². The second-order valence-corrected chi connectivity index (χ2v) is 5.12. The van der Waals surface area contributed by atoms with Crippen molar-refractivity contribution < 1.29 is 9.47 Å². The Morgan fingerprint density at radius 2 is 1.76 bits per heavy atom. The third-order valence-corrected chi connectivity index (χ3v) is 3.96. The zero-order valence-electron chi connectivity index (χ0n) is 11.9. The summed E-state index contributed by atoms with van der Waals surface area (Å²) in [5, 5.41) is 3.62. The van der Waals surface area contributed by atoms with E-state index in [1.54, 1.807) is 0 Å². The molecule has 1 rings (SSSR count). The molecule has 0 bridgehead atoms. The Morgan fingerprint density at radius 3 is 2.35 bits per heavy atom. The van der Waals surface area contributed by atoms with Crippen LogP contribution in [0.3, 0.4) is 0 Å². The molecule has 1 aliphatic carbocycles. The molecule has 0 saturated heterocycles. The van der Waals surface area contributed by atoms with Crippen LogP contribution in [0.15, 0.2) is 0 Å². The lowest BCUT2D eigenvalue weighted by atomic mass is 9.78. The second kappa shape index (κ2) is 8.06. The Balaban J connectivity index is 2.31. The molecular weight excluding hydrogens is 214 g/mol. The van der Waals surface area contributed by atoms with E-state index in [1.807, 2.05) is 13.8 Å². The molecule has 0 aromatic heterocycles. The first-order valence-electron chi connectivity index (χ1n) is 7.15. The number of rotatable bonds is 7. The average molecular weight is 243 g/mol. The van der Waals surface area contributed by atoms with E-state index >= 15 is 0 Å². The van der Waals surface area contributed by atoms with Crippen molar-refractivity contribution in [2.24, 2.45) is 11.8 Å². The highest BCUT2D eigenvalue weighted by Crippen LogP contribution is 2.29. The molecule has 0 spiro atoms. The summed E-state index contributed by atoms with van der Waals surface area (Å²) in [6.45, 7) is 11.0. The van der Waals surface area contributed by atoms with Gasteiger partial charge in [-0.25, -0.2) is 0 Å². The Kier molecular flexibility index (Phi) is 7.09. The fourth-order valence-corrected chi connectivity index (χ4v) is 2.66. The van der Waals surface area contributed by atoms with Crippen molar-refractivity contribution in [1.29, 1.82) is 0 Å². The first kappa shape index (κ1) is 14.9. The van der Waals surface area contributed by atoms with Gasteiger partial charge in [-0.3, -0.25) is 0 Å². The number of hydrogen-bond donors (Lipinski definition) is 1. The Hall–Kier alpha value is -0.120. The molecule has 3 unspecified atom stereocenters. The van der Waals surface area contributed by atoms with Gasteiger partial charge in [0.15, 0.2) is 6.29 Å². The van der Waals surface area contributed by atoms with E-state index in [2.05, 4.69) is 19.2 Å². The fraction of sp³-hybridized carbons (Fsp3) is 1.00. The topological polar surface area (TPSA) is 30.5 Å². The molecule has 1 saturated carbocycles. The molecule has 0 aromatic carbocycles. The van der Waals surface area contributed by atoms with E-state index in [1.165, 1.54) is 19.3 Å². The molecule has 0 heterocycles. The van der Waals surface area contributed by atoms with Crippen LogP contribution in [0.1, 0.15) is 47.0 Å². The minimum Gasteiger partial charge on any atom is -0.352 e. The summed E-state index contributed by atoms with van der Waals surface area (Å²) in [6.07, 6.45) is 3.92. The SMILES string of the molecule is CCOC(CNC1CCCC(C)C1C)OCC. The van der Waals surface area contributed by atoms with Crippen molar-refractivity contribution in [3.8, 4) is 0 Å². The lowest BCUT2D eigenvalue weighted by Gasteiger charge is -2.35. The standard InChI is InChI=1S/C14H29NO2/c1-5-16-14(17-6-2)10-15-13-9-7-8-11(3)12(13)4/h11-15H,5-10H2,1-4H3. The summed E-state index contributed by atoms with van der Waals surface area (Å²) < 4.78 is 11.1. The van der Waals surface area contributed by atoms with Crippen LogP contribution >= 0.6 is 0 Å². The predicted molar refractivity (Wildman–Crippen MR) is 71.0 cm³/mol. The lowest BCUT2D eigenvalue weighted by molar-refractivity contribution is -0.134. The van der Waals surface area contributed by atoms with Gasteiger partial charge in [0.2, 0.25) is 0 Å². The minimum atomic E-state index is -0.0885. The van der Waals surface area contributed by atoms with E-state index in [0.29, 0.717) is 19.3 Å². The van der Waals surface area contributed by atoms with Crippen molar-refractivity contribution in [2.45, 2.75) is 59.3 Å². The van der Waals surface area contributed by atoms with Gasteiger partial charge in [-0.2, -0.15) is 0 Å². The van der Waals surface area contributed by atoms with E-state index in [0.717, 1.165) is 18.4 Å². The van der Waals surface area contributed by atoms with Crippen molar-refractivity contribution in [3.63, 3.8) is 0 Å². The molecule has 102 valence electrons. The van der Waals surface area contributed by atoms with Crippen LogP contribution in [0, 0.1) is 11.8 Å². The van der Waals surface area contributed by atoms with Crippen molar-refractivity contribution in [2.75, 3.05) is 19.8 Å². The maximum absolute atomic E-state index is 5.55. The van der Waals surface area contributed by atoms with Crippen LogP contribution in [0.4, 0.5) is 0 Å². The molecule has 3 atom stereocenters. The summed E-state index contributed by atoms with van der Waals surface area (Å²) in [4.78, 5) is 0. The summed E-state index contributed by atoms with van der Waals surface area (Å²) in [5.41, 5.74) is 0. The molecule has 0 aliphatic heterocycles. The van der Waals surface area contributed by atoms with Gasteiger partial charge in [0.05, 0.1) is 0 Å². The van der Waals surface area contributed by atoms with Crippen molar-refractivity contribution in [3.05, 3.63) is 0 Å². The monoisotopic (exact) mass is 243 g/mol. The smallest absolute Gasteiger partial charge is 0.169 e. The van der Waals surface area contributed by atoms with Crippen LogP contribution in [0.2, 0.25) is 0 Å². The van der Waals surface area contributed by atoms with Crippen molar-refractivity contribution in [1.82, 2.24) is 5.32 Å². The largest absolute Gasteiger partial charge is 0.352 e. The van der Waals surface area contributed by atoms with Gasteiger partial charge in [0.25, 0.3) is 0 Å². The van der Waals surface area contributed by atoms with Gasteiger partial charge < -0.3 is 14.8 Å². The highest BCUT2D eigenvalue weighted by Gasteiger charge is 2.27. The molecule has 3 heteroatoms. The molecular formula is C14H29NO2. The first-order chi connectivity index (χ1) is 8.19. The van der Waals surface area contributed by atoms with Crippen LogP contribution in [0.25, 0.3) is 0 Å². The molecule has 3 nitrogen and oxygen atoms in total. The van der Waals surface area contributed by atoms with E-state index in [-0.39, 0.29) is 6.29 Å². The fourth-order valence-electron chi connectivity index (χ4n) is 2.66. The van der Waals surface area contributed by atoms with Gasteiger partial charge in [0.1, 0.15) is 0 Å². The lowest BCUT2D eigenvalue weighted by Crippen LogP contribution is -2.44. The number of ether oxygens (including phenoxy) is 2. The third-order valence-electron chi connectivity index (χ3n) is 3.96. The second-order valence-electron chi connectivity index (χ2n) is 5.12. The normalized spacial score (nSPS) is 29.8. The van der Waals surface area contributed by atoms with E-state index < -0.39 is 0 Å². The molecule has 1 aliphatic rings. The molecule has 1 fully saturated rings. The van der Waals surface area contributed by atoms with Gasteiger partial charge in [-0.05, 0) is 32.1 Å². The summed E-state index contributed by atoms with van der Waals surface area (Å²) >= 11 is 0. The van der Waals surface area contributed by atoms with Gasteiger partial charge in [-0.1, -0.05) is 26.7 Å². The van der Waals surface area contributed by atoms with Crippen LogP contribution in [-0.2, 0) is 9.47 Å². The molecule has 0 radical (unpaired) electrons. The summed E-state index contributed by atoms with van der Waals surface area (Å²) in [5.74, 6) is 1.59. The van der Waals surface area contributed by atoms with Gasteiger partial charge >= 0.3 is 0 Å². The number of nitrogens with one attached hydrogen (secondary N) is 1. The number of hydrogen-bond acceptors (Lipinski definition) is 3. The average Bonchev–Trinajstić information content (AvgIpc) is 2.31. The summed E-state index contributed by atoms with van der Waals surface area (Å²) in [7, 11) is 0. The molecule has 0 aromatic rings. The van der Waals surface area contributed by atoms with E-state index in [9.17, 15) is 0 Å². The maximum Gasteiger partial charge on any atom is 0.169 e. The van der Waals surface area contributed by atoms with Crippen LogP contribution in [0.5, 0.6) is 0 Å². The minimum absolute atomic E-state index is 0.0885. The van der Waals surface area contributed by atoms with Crippen LogP contribution in [-0.4, -0.2) is 32.1 Å². The van der Waals surface area contributed by atoms with Gasteiger partial charge in [0, 0.05) is 25.8 Å². The third kappa shape index (κ3) is 4.94. The Bertz CT molecular complexity index is 193. The molecule has 0 amide bonds. The van der Waals surface area contributed by atoms with E-state index in [4.69, 9.17) is 9.47 Å². The zero-order valence-corrected chi connectivity index (χ0v) is 11.9. The maximum atomic E-state index is 5.55. The molecule has 1 N–H and O–H groups in total. The molecule has 17 heavy (non-hydrogen) atoms. The van der Waals surface area contributed by atoms with Gasteiger partial charge in [-0.15, -0.1) is 0 Å². The first-order valence-corrected chi connectivity index (χ1v) is 7.15. The highest BCUT2D eigenvalue weighted by molar-refractivity contribution is 4.82. The zero-order chi connectivity index (χ0) is 12.7. The Morgan fingerprint density at radius 1 is 1.12 bits per heavy atom. The predicted octanol–water partition coefficient (Wildman–Crippen LogP) is 2.80. The van der Waals surface area contributed by atoms with Crippen molar-refractivity contribution >= 4 is 0 Å². The quantitative estimate of drug-likeness (QED) is 0.697. The Labute approximate surface area is 106 Å². The summed E-state index contributed by atoms with van der Waals surface area (Å²) in [6, 6.07) is 0.627.